The Hall–Kier alpha value is -2.92. The number of hydrogen-bond donors (Lipinski definition) is 0. The zero-order valence-electron chi connectivity index (χ0n) is 17.1. The van der Waals surface area contributed by atoms with Crippen LogP contribution in [-0.2, 0) is 9.53 Å². The largest absolute Gasteiger partial charge is 0.462 e. The zero-order valence-corrected chi connectivity index (χ0v) is 17.1. The molecule has 0 spiro atoms. The molecular formula is C25H27FN2O2. The van der Waals surface area contributed by atoms with Gasteiger partial charge in [-0.3, -0.25) is 4.79 Å². The van der Waals surface area contributed by atoms with Crippen LogP contribution < -0.4 is 0 Å². The van der Waals surface area contributed by atoms with Gasteiger partial charge in [0.25, 0.3) is 0 Å². The highest BCUT2D eigenvalue weighted by Gasteiger charge is 2.31. The predicted octanol–water partition coefficient (Wildman–Crippen LogP) is 5.71. The first-order valence-corrected chi connectivity index (χ1v) is 10.7. The fraction of sp³-hybridized carbons (Fsp3) is 0.480. The van der Waals surface area contributed by atoms with E-state index in [-0.39, 0.29) is 29.5 Å². The summed E-state index contributed by atoms with van der Waals surface area (Å²) in [5.41, 5.74) is 0.981. The minimum absolute atomic E-state index is 0.00199. The highest BCUT2D eigenvalue weighted by atomic mass is 19.1. The lowest BCUT2D eigenvalue weighted by atomic mass is 9.78. The predicted molar refractivity (Wildman–Crippen MR) is 112 cm³/mol. The maximum atomic E-state index is 13.9. The fourth-order valence-electron chi connectivity index (χ4n) is 4.52. The summed E-state index contributed by atoms with van der Waals surface area (Å²) in [6.45, 7) is 0. The molecule has 4 nitrogen and oxygen atoms in total. The summed E-state index contributed by atoms with van der Waals surface area (Å²) in [6, 6.07) is 8.64. The van der Waals surface area contributed by atoms with Crippen LogP contribution >= 0.6 is 0 Å². The second kappa shape index (κ2) is 10.7. The lowest BCUT2D eigenvalue weighted by Crippen LogP contribution is -2.29. The van der Waals surface area contributed by atoms with Gasteiger partial charge in [-0.1, -0.05) is 24.3 Å². The van der Waals surface area contributed by atoms with Crippen molar-refractivity contribution in [1.82, 2.24) is 0 Å². The molecule has 0 atom stereocenters. The van der Waals surface area contributed by atoms with Crippen molar-refractivity contribution in [3.63, 3.8) is 0 Å². The molecule has 2 aliphatic rings. The van der Waals surface area contributed by atoms with Crippen LogP contribution in [0.15, 0.2) is 42.5 Å². The van der Waals surface area contributed by atoms with Crippen LogP contribution in [0.1, 0.15) is 68.4 Å². The zero-order chi connectivity index (χ0) is 21.3. The Morgan fingerprint density at radius 2 is 1.77 bits per heavy atom. The van der Waals surface area contributed by atoms with Gasteiger partial charge < -0.3 is 4.74 Å². The van der Waals surface area contributed by atoms with Gasteiger partial charge in [0.2, 0.25) is 0 Å². The lowest BCUT2D eigenvalue weighted by molar-refractivity contribution is -0.157. The smallest absolute Gasteiger partial charge is 0.309 e. The van der Waals surface area contributed by atoms with E-state index in [0.717, 1.165) is 56.9 Å². The quantitative estimate of drug-likeness (QED) is 0.357. The molecular weight excluding hydrogens is 379 g/mol. The molecule has 0 aromatic heterocycles. The van der Waals surface area contributed by atoms with Crippen molar-refractivity contribution in [3.05, 3.63) is 59.4 Å². The number of carbonyl (C=O) groups excluding carboxylic acids is 1. The molecule has 1 aromatic carbocycles. The number of ether oxygens (including phenoxy) is 1. The average Bonchev–Trinajstić information content (AvgIpc) is 2.78. The minimum Gasteiger partial charge on any atom is -0.462 e. The van der Waals surface area contributed by atoms with Crippen LogP contribution in [0.5, 0.6) is 0 Å². The van der Waals surface area contributed by atoms with E-state index in [1.165, 1.54) is 18.2 Å². The highest BCUT2D eigenvalue weighted by Crippen LogP contribution is 2.37. The van der Waals surface area contributed by atoms with E-state index in [2.05, 4.69) is 6.08 Å². The van der Waals surface area contributed by atoms with Gasteiger partial charge in [0.05, 0.1) is 17.6 Å². The summed E-state index contributed by atoms with van der Waals surface area (Å²) in [7, 11) is 0. The summed E-state index contributed by atoms with van der Waals surface area (Å²) in [6.07, 6.45) is 14.2. The molecule has 2 saturated carbocycles. The SMILES string of the molecule is N#CC=C/C=C/C1CCC(OC(=O)C2CCC(c3ccc(C#N)c(F)c3)CC2)CC1. The van der Waals surface area contributed by atoms with Crippen molar-refractivity contribution < 1.29 is 13.9 Å². The molecule has 0 radical (unpaired) electrons. The standard InChI is InChI=1S/C25H27FN2O2/c26-24-16-21(11-12-22(24)17-28)19-7-9-20(10-8-19)25(29)30-23-13-5-18(6-14-23)4-2-1-3-15-27/h1-4,11-12,16,18-20,23H,5-10,13-14H2/b3-1?,4-2+. The molecule has 156 valence electrons. The number of halogens is 1. The highest BCUT2D eigenvalue weighted by molar-refractivity contribution is 5.72. The number of carbonyl (C=O) groups is 1. The van der Waals surface area contributed by atoms with Crippen molar-refractivity contribution in [1.29, 1.82) is 10.5 Å². The Kier molecular flexibility index (Phi) is 7.80. The van der Waals surface area contributed by atoms with Crippen LogP contribution in [0.25, 0.3) is 0 Å². The van der Waals surface area contributed by atoms with Crippen LogP contribution in [0.4, 0.5) is 4.39 Å². The van der Waals surface area contributed by atoms with Crippen LogP contribution in [-0.4, -0.2) is 12.1 Å². The number of allylic oxidation sites excluding steroid dienone is 4. The van der Waals surface area contributed by atoms with E-state index in [9.17, 15) is 9.18 Å². The van der Waals surface area contributed by atoms with Gasteiger partial charge in [-0.05, 0) is 80.9 Å². The van der Waals surface area contributed by atoms with E-state index in [1.54, 1.807) is 6.08 Å². The molecule has 30 heavy (non-hydrogen) atoms. The van der Waals surface area contributed by atoms with Crippen molar-refractivity contribution in [2.75, 3.05) is 0 Å². The lowest BCUT2D eigenvalue weighted by Gasteiger charge is -2.31. The second-order valence-electron chi connectivity index (χ2n) is 8.25. The molecule has 5 heteroatoms. The van der Waals surface area contributed by atoms with Crippen molar-refractivity contribution in [2.24, 2.45) is 11.8 Å². The average molecular weight is 407 g/mol. The molecule has 0 saturated heterocycles. The van der Waals surface area contributed by atoms with E-state index < -0.39 is 5.82 Å². The summed E-state index contributed by atoms with van der Waals surface area (Å²) in [4.78, 5) is 12.6. The Morgan fingerprint density at radius 3 is 2.40 bits per heavy atom. The van der Waals surface area contributed by atoms with Crippen molar-refractivity contribution in [2.45, 2.75) is 63.4 Å². The van der Waals surface area contributed by atoms with Crippen LogP contribution in [0.3, 0.4) is 0 Å². The molecule has 2 aliphatic carbocycles. The maximum Gasteiger partial charge on any atom is 0.309 e. The van der Waals surface area contributed by atoms with Crippen molar-refractivity contribution in [3.8, 4) is 12.1 Å². The van der Waals surface area contributed by atoms with E-state index in [0.29, 0.717) is 5.92 Å². The van der Waals surface area contributed by atoms with Gasteiger partial charge in [0.1, 0.15) is 18.0 Å². The molecule has 0 aliphatic heterocycles. The van der Waals surface area contributed by atoms with Gasteiger partial charge >= 0.3 is 5.97 Å². The number of benzene rings is 1. The monoisotopic (exact) mass is 406 g/mol. The Bertz CT molecular complexity index is 877. The summed E-state index contributed by atoms with van der Waals surface area (Å²) in [5.74, 6) is 0.0804. The third kappa shape index (κ3) is 5.80. The molecule has 1 aromatic rings. The molecule has 3 rings (SSSR count). The van der Waals surface area contributed by atoms with Gasteiger partial charge in [0, 0.05) is 6.08 Å². The van der Waals surface area contributed by atoms with Gasteiger partial charge in [-0.15, -0.1) is 0 Å². The second-order valence-corrected chi connectivity index (χ2v) is 8.25. The van der Waals surface area contributed by atoms with Gasteiger partial charge in [-0.25, -0.2) is 4.39 Å². The first-order chi connectivity index (χ1) is 14.6. The Balaban J connectivity index is 1.42. The topological polar surface area (TPSA) is 73.9 Å². The number of nitrogens with zero attached hydrogens (tertiary/aromatic N) is 2. The minimum atomic E-state index is -0.469. The van der Waals surface area contributed by atoms with Crippen LogP contribution in [0.2, 0.25) is 0 Å². The maximum absolute atomic E-state index is 13.9. The molecule has 0 unspecified atom stereocenters. The molecule has 2 fully saturated rings. The summed E-state index contributed by atoms with van der Waals surface area (Å²) >= 11 is 0. The third-order valence-corrected chi connectivity index (χ3v) is 6.31. The van der Waals surface area contributed by atoms with Crippen molar-refractivity contribution >= 4 is 5.97 Å². The fourth-order valence-corrected chi connectivity index (χ4v) is 4.52. The molecule has 0 N–H and O–H groups in total. The normalized spacial score (nSPS) is 26.9. The van der Waals surface area contributed by atoms with E-state index in [1.807, 2.05) is 24.3 Å². The Labute approximate surface area is 177 Å². The third-order valence-electron chi connectivity index (χ3n) is 6.31. The Morgan fingerprint density at radius 1 is 1.03 bits per heavy atom. The van der Waals surface area contributed by atoms with E-state index in [4.69, 9.17) is 15.3 Å². The molecule has 0 heterocycles. The van der Waals surface area contributed by atoms with Gasteiger partial charge in [-0.2, -0.15) is 10.5 Å². The summed E-state index contributed by atoms with van der Waals surface area (Å²) < 4.78 is 19.7. The molecule has 0 bridgehead atoms. The molecule has 0 amide bonds. The number of hydrogen-bond acceptors (Lipinski definition) is 4. The summed E-state index contributed by atoms with van der Waals surface area (Å²) in [5, 5.41) is 17.4. The number of rotatable bonds is 5. The van der Waals surface area contributed by atoms with Crippen LogP contribution in [0, 0.1) is 40.3 Å². The van der Waals surface area contributed by atoms with Gasteiger partial charge in [0.15, 0.2) is 0 Å². The number of esters is 1. The first-order valence-electron chi connectivity index (χ1n) is 10.7. The van der Waals surface area contributed by atoms with E-state index >= 15 is 0 Å². The first kappa shape index (κ1) is 21.8. The number of nitriles is 2.